The van der Waals surface area contributed by atoms with Crippen LogP contribution >= 0.6 is 0 Å². The molecule has 152 valence electrons. The minimum atomic E-state index is -0.00780. The highest BCUT2D eigenvalue weighted by atomic mass is 16.3. The first-order valence-corrected chi connectivity index (χ1v) is 10.1. The number of aromatic nitrogens is 1. The van der Waals surface area contributed by atoms with Gasteiger partial charge in [-0.3, -0.25) is 4.99 Å². The molecular formula is C23H29N5O. The van der Waals surface area contributed by atoms with Crippen molar-refractivity contribution in [3.63, 3.8) is 0 Å². The molecular weight excluding hydrogens is 362 g/mol. The van der Waals surface area contributed by atoms with E-state index in [2.05, 4.69) is 38.1 Å². The number of nitrogens with one attached hydrogen (secondary N) is 3. The third kappa shape index (κ3) is 6.19. The molecule has 1 heterocycles. The Morgan fingerprint density at radius 3 is 2.55 bits per heavy atom. The summed E-state index contributed by atoms with van der Waals surface area (Å²) in [7, 11) is 0. The van der Waals surface area contributed by atoms with Crippen LogP contribution in [0.3, 0.4) is 0 Å². The number of benzene rings is 2. The molecule has 0 aliphatic heterocycles. The van der Waals surface area contributed by atoms with Crippen LogP contribution in [0.5, 0.6) is 0 Å². The van der Waals surface area contributed by atoms with Gasteiger partial charge in [-0.15, -0.1) is 0 Å². The number of hydrogen-bond donors (Lipinski definition) is 4. The predicted octanol–water partition coefficient (Wildman–Crippen LogP) is 2.98. The molecule has 0 bridgehead atoms. The maximum atomic E-state index is 9.71. The lowest BCUT2D eigenvalue weighted by Gasteiger charge is -2.15. The topological polar surface area (TPSA) is 81.6 Å². The SMILES string of the molecule is CCNC(=NCC(CO)c1ccccc1)NCCNc1ccc2ccccc2n1. The molecule has 6 heteroatoms. The van der Waals surface area contributed by atoms with E-state index in [9.17, 15) is 5.11 Å². The molecule has 1 aromatic heterocycles. The Balaban J connectivity index is 1.51. The molecule has 3 aromatic rings. The average Bonchev–Trinajstić information content (AvgIpc) is 2.77. The van der Waals surface area contributed by atoms with Crippen molar-refractivity contribution in [3.05, 3.63) is 72.3 Å². The van der Waals surface area contributed by atoms with Gasteiger partial charge in [0.2, 0.25) is 0 Å². The molecule has 0 saturated carbocycles. The number of hydrogen-bond acceptors (Lipinski definition) is 4. The van der Waals surface area contributed by atoms with E-state index in [0.29, 0.717) is 13.1 Å². The summed E-state index contributed by atoms with van der Waals surface area (Å²) in [4.78, 5) is 9.26. The van der Waals surface area contributed by atoms with E-state index in [1.54, 1.807) is 0 Å². The van der Waals surface area contributed by atoms with E-state index in [1.807, 2.05) is 61.5 Å². The smallest absolute Gasteiger partial charge is 0.191 e. The van der Waals surface area contributed by atoms with Crippen LogP contribution in [-0.2, 0) is 0 Å². The molecule has 0 saturated heterocycles. The van der Waals surface area contributed by atoms with Crippen LogP contribution in [0.25, 0.3) is 10.9 Å². The number of anilines is 1. The van der Waals surface area contributed by atoms with Crippen molar-refractivity contribution in [2.45, 2.75) is 12.8 Å². The van der Waals surface area contributed by atoms with Gasteiger partial charge in [0, 0.05) is 30.9 Å². The summed E-state index contributed by atoms with van der Waals surface area (Å²) in [5.41, 5.74) is 2.08. The van der Waals surface area contributed by atoms with Crippen LogP contribution in [0.4, 0.5) is 5.82 Å². The third-order valence-electron chi connectivity index (χ3n) is 4.63. The van der Waals surface area contributed by atoms with Crippen LogP contribution in [0.2, 0.25) is 0 Å². The van der Waals surface area contributed by atoms with Crippen LogP contribution in [0.15, 0.2) is 71.7 Å². The van der Waals surface area contributed by atoms with Crippen LogP contribution in [-0.4, -0.2) is 48.8 Å². The molecule has 0 radical (unpaired) electrons. The lowest BCUT2D eigenvalue weighted by molar-refractivity contribution is 0.268. The Morgan fingerprint density at radius 1 is 0.966 bits per heavy atom. The number of nitrogens with zero attached hydrogens (tertiary/aromatic N) is 2. The molecule has 1 atom stereocenters. The highest BCUT2D eigenvalue weighted by Crippen LogP contribution is 2.15. The third-order valence-corrected chi connectivity index (χ3v) is 4.63. The molecule has 0 amide bonds. The molecule has 29 heavy (non-hydrogen) atoms. The van der Waals surface area contributed by atoms with Gasteiger partial charge in [-0.05, 0) is 30.7 Å². The Labute approximate surface area is 172 Å². The summed E-state index contributed by atoms with van der Waals surface area (Å²) >= 11 is 0. The summed E-state index contributed by atoms with van der Waals surface area (Å²) in [6, 6.07) is 22.1. The number of aliphatic hydroxyl groups is 1. The quantitative estimate of drug-likeness (QED) is 0.256. The normalized spacial score (nSPS) is 12.6. The van der Waals surface area contributed by atoms with E-state index in [4.69, 9.17) is 0 Å². The highest BCUT2D eigenvalue weighted by molar-refractivity contribution is 5.80. The summed E-state index contributed by atoms with van der Waals surface area (Å²) in [6.07, 6.45) is 0. The summed E-state index contributed by atoms with van der Waals surface area (Å²) in [5, 5.41) is 20.8. The standard InChI is InChI=1S/C23H29N5O/c1-2-24-23(27-16-20(17-29)18-8-4-3-5-9-18)26-15-14-25-22-13-12-19-10-6-7-11-21(19)28-22/h3-13,20,29H,2,14-17H2,1H3,(H,25,28)(H2,24,26,27). The van der Waals surface area contributed by atoms with E-state index < -0.39 is 0 Å². The Bertz CT molecular complexity index is 913. The largest absolute Gasteiger partial charge is 0.396 e. The van der Waals surface area contributed by atoms with E-state index >= 15 is 0 Å². The van der Waals surface area contributed by atoms with Gasteiger partial charge in [0.25, 0.3) is 0 Å². The van der Waals surface area contributed by atoms with Gasteiger partial charge >= 0.3 is 0 Å². The lowest BCUT2D eigenvalue weighted by Crippen LogP contribution is -2.40. The summed E-state index contributed by atoms with van der Waals surface area (Å²) < 4.78 is 0. The predicted molar refractivity (Wildman–Crippen MR) is 120 cm³/mol. The zero-order valence-corrected chi connectivity index (χ0v) is 16.8. The maximum absolute atomic E-state index is 9.71. The monoisotopic (exact) mass is 391 g/mol. The van der Waals surface area contributed by atoms with Crippen LogP contribution < -0.4 is 16.0 Å². The van der Waals surface area contributed by atoms with Crippen molar-refractivity contribution in [2.24, 2.45) is 4.99 Å². The number of guanidine groups is 1. The van der Waals surface area contributed by atoms with Crippen molar-refractivity contribution >= 4 is 22.7 Å². The van der Waals surface area contributed by atoms with Crippen molar-refractivity contribution in [2.75, 3.05) is 38.1 Å². The minimum absolute atomic E-state index is 0.00780. The van der Waals surface area contributed by atoms with Crippen LogP contribution in [0.1, 0.15) is 18.4 Å². The molecule has 2 aromatic carbocycles. The number of para-hydroxylation sites is 1. The second-order valence-electron chi connectivity index (χ2n) is 6.75. The summed E-state index contributed by atoms with van der Waals surface area (Å²) in [5.74, 6) is 1.60. The second kappa shape index (κ2) is 11.0. The number of fused-ring (bicyclic) bond motifs is 1. The average molecular weight is 392 g/mol. The van der Waals surface area contributed by atoms with Gasteiger partial charge < -0.3 is 21.1 Å². The first-order valence-electron chi connectivity index (χ1n) is 10.1. The van der Waals surface area contributed by atoms with Gasteiger partial charge in [0.1, 0.15) is 5.82 Å². The highest BCUT2D eigenvalue weighted by Gasteiger charge is 2.09. The Hall–Kier alpha value is -3.12. The van der Waals surface area contributed by atoms with Crippen molar-refractivity contribution in [1.82, 2.24) is 15.6 Å². The molecule has 3 rings (SSSR count). The molecule has 6 nitrogen and oxygen atoms in total. The van der Waals surface area contributed by atoms with Gasteiger partial charge in [-0.1, -0.05) is 48.5 Å². The first kappa shape index (κ1) is 20.6. The van der Waals surface area contributed by atoms with Crippen molar-refractivity contribution in [3.8, 4) is 0 Å². The van der Waals surface area contributed by atoms with Crippen molar-refractivity contribution < 1.29 is 5.11 Å². The Kier molecular flexibility index (Phi) is 7.83. The first-order chi connectivity index (χ1) is 14.3. The fraction of sp³-hybridized carbons (Fsp3) is 0.304. The fourth-order valence-electron chi connectivity index (χ4n) is 3.07. The van der Waals surface area contributed by atoms with Gasteiger partial charge in [0.05, 0.1) is 18.7 Å². The zero-order valence-electron chi connectivity index (χ0n) is 16.8. The van der Waals surface area contributed by atoms with Gasteiger partial charge in [-0.2, -0.15) is 0 Å². The Morgan fingerprint density at radius 2 is 1.76 bits per heavy atom. The van der Waals surface area contributed by atoms with E-state index in [-0.39, 0.29) is 12.5 Å². The molecule has 0 aliphatic rings. The fourth-order valence-corrected chi connectivity index (χ4v) is 3.07. The van der Waals surface area contributed by atoms with Crippen LogP contribution in [0, 0.1) is 0 Å². The molecule has 4 N–H and O–H groups in total. The van der Waals surface area contributed by atoms with Gasteiger partial charge in [-0.25, -0.2) is 4.98 Å². The zero-order chi connectivity index (χ0) is 20.3. The van der Waals surface area contributed by atoms with Crippen molar-refractivity contribution in [1.29, 1.82) is 0 Å². The molecule has 0 spiro atoms. The number of aliphatic imine (C=N–C) groups is 1. The van der Waals surface area contributed by atoms with E-state index in [1.165, 1.54) is 0 Å². The molecule has 0 fully saturated rings. The van der Waals surface area contributed by atoms with E-state index in [0.717, 1.165) is 41.3 Å². The van der Waals surface area contributed by atoms with Gasteiger partial charge in [0.15, 0.2) is 5.96 Å². The maximum Gasteiger partial charge on any atom is 0.191 e. The minimum Gasteiger partial charge on any atom is -0.396 e. The second-order valence-corrected chi connectivity index (χ2v) is 6.75. The lowest BCUT2D eigenvalue weighted by atomic mass is 10.0. The summed E-state index contributed by atoms with van der Waals surface area (Å²) in [6.45, 7) is 4.83. The number of aliphatic hydroxyl groups excluding tert-OH is 1. The number of pyridine rings is 1. The molecule has 1 unspecified atom stereocenters. The number of rotatable bonds is 9. The molecule has 0 aliphatic carbocycles.